The highest BCUT2D eigenvalue weighted by molar-refractivity contribution is 7.89. The average Bonchev–Trinajstić information content (AvgIpc) is 3.66. The summed E-state index contributed by atoms with van der Waals surface area (Å²) in [6.07, 6.45) is -3.41. The average molecular weight is 537 g/mol. The quantitative estimate of drug-likeness (QED) is 0.325. The zero-order valence-electron chi connectivity index (χ0n) is 19.0. The van der Waals surface area contributed by atoms with E-state index in [2.05, 4.69) is 0 Å². The molecule has 2 N–H and O–H groups in total. The molecule has 194 valence electrons. The van der Waals surface area contributed by atoms with Gasteiger partial charge in [-0.25, -0.2) is 22.3 Å². The van der Waals surface area contributed by atoms with Crippen LogP contribution in [0.25, 0.3) is 22.0 Å². The molecule has 0 spiro atoms. The number of nitrogens with zero attached hydrogens (tertiary/aromatic N) is 2. The minimum absolute atomic E-state index is 0.0528. The van der Waals surface area contributed by atoms with E-state index in [4.69, 9.17) is 0 Å². The number of hydrogen-bond donors (Lipinski definition) is 2. The molecular formula is C24H19F4N3O5S. The van der Waals surface area contributed by atoms with Crippen LogP contribution in [0.3, 0.4) is 0 Å². The second-order valence-corrected chi connectivity index (χ2v) is 10.3. The Morgan fingerprint density at radius 1 is 1.22 bits per heavy atom. The normalized spacial score (nSPS) is 14.0. The van der Waals surface area contributed by atoms with Crippen molar-refractivity contribution in [3.63, 3.8) is 0 Å². The first-order valence-electron chi connectivity index (χ1n) is 11.0. The molecule has 37 heavy (non-hydrogen) atoms. The standard InChI is InChI=1S/C24H19F4N3O5S/c25-19-9-17-20(31(15-3-4-15)12-18(22(17)32)23(33)34)10-16(19)13-2-5-21(14(8-13)11-29)37(35,36)30-7-1-6-24(26,27)28/h2,5,8-10,12,15,30H,1,3-4,6-7H2,(H,33,34). The minimum atomic E-state index is -4.44. The van der Waals surface area contributed by atoms with Gasteiger partial charge >= 0.3 is 12.1 Å². The summed E-state index contributed by atoms with van der Waals surface area (Å²) in [6.45, 7) is -0.495. The maximum atomic E-state index is 15.1. The van der Waals surface area contributed by atoms with Gasteiger partial charge in [-0.2, -0.15) is 18.4 Å². The summed E-state index contributed by atoms with van der Waals surface area (Å²) in [6, 6.07) is 7.31. The number of hydrogen-bond acceptors (Lipinski definition) is 5. The Hall–Kier alpha value is -3.76. The highest BCUT2D eigenvalue weighted by Crippen LogP contribution is 2.38. The molecule has 1 saturated carbocycles. The number of carboxylic acids is 1. The van der Waals surface area contributed by atoms with Gasteiger partial charge in [-0.3, -0.25) is 4.79 Å². The Labute approximate surface area is 207 Å². The van der Waals surface area contributed by atoms with Crippen LogP contribution in [0, 0.1) is 17.1 Å². The van der Waals surface area contributed by atoms with E-state index in [0.717, 1.165) is 31.0 Å². The monoisotopic (exact) mass is 537 g/mol. The summed E-state index contributed by atoms with van der Waals surface area (Å²) in [5.74, 6) is -2.33. The second-order valence-electron chi connectivity index (χ2n) is 8.60. The molecule has 1 aromatic heterocycles. The molecule has 2 aromatic carbocycles. The van der Waals surface area contributed by atoms with Gasteiger partial charge in [-0.1, -0.05) is 6.07 Å². The SMILES string of the molecule is N#Cc1cc(-c2cc3c(cc2F)c(=O)c(C(=O)O)cn3C2CC2)ccc1S(=O)(=O)NCCCC(F)(F)F. The Kier molecular flexibility index (Phi) is 6.83. The van der Waals surface area contributed by atoms with E-state index < -0.39 is 63.3 Å². The van der Waals surface area contributed by atoms with Crippen molar-refractivity contribution in [3.8, 4) is 17.2 Å². The van der Waals surface area contributed by atoms with Crippen LogP contribution in [0.4, 0.5) is 17.6 Å². The van der Waals surface area contributed by atoms with Crippen molar-refractivity contribution in [2.24, 2.45) is 0 Å². The predicted octanol–water partition coefficient (Wildman–Crippen LogP) is 4.33. The van der Waals surface area contributed by atoms with Crippen molar-refractivity contribution < 1.29 is 35.9 Å². The summed E-state index contributed by atoms with van der Waals surface area (Å²) in [7, 11) is -4.33. The van der Waals surface area contributed by atoms with Crippen LogP contribution in [0.15, 0.2) is 46.2 Å². The highest BCUT2D eigenvalue weighted by atomic mass is 32.2. The van der Waals surface area contributed by atoms with Crippen LogP contribution < -0.4 is 10.2 Å². The number of aromatic nitrogens is 1. The van der Waals surface area contributed by atoms with E-state index in [1.165, 1.54) is 18.3 Å². The van der Waals surface area contributed by atoms with Crippen LogP contribution in [0.2, 0.25) is 0 Å². The molecule has 0 amide bonds. The summed E-state index contributed by atoms with van der Waals surface area (Å²) in [5, 5.41) is 18.8. The van der Waals surface area contributed by atoms with E-state index in [-0.39, 0.29) is 33.6 Å². The number of pyridine rings is 1. The Morgan fingerprint density at radius 2 is 1.92 bits per heavy atom. The summed E-state index contributed by atoms with van der Waals surface area (Å²) in [5.41, 5.74) is -1.35. The number of alkyl halides is 3. The zero-order valence-corrected chi connectivity index (χ0v) is 19.8. The lowest BCUT2D eigenvalue weighted by Crippen LogP contribution is -2.26. The molecule has 0 bridgehead atoms. The number of halogens is 4. The third-order valence-corrected chi connectivity index (χ3v) is 7.44. The number of fused-ring (bicyclic) bond motifs is 1. The van der Waals surface area contributed by atoms with Crippen LogP contribution >= 0.6 is 0 Å². The Bertz CT molecular complexity index is 1620. The third kappa shape index (κ3) is 5.50. The number of carbonyl (C=O) groups is 1. The molecule has 1 aliphatic rings. The van der Waals surface area contributed by atoms with Gasteiger partial charge in [0.05, 0.1) is 16.0 Å². The summed E-state index contributed by atoms with van der Waals surface area (Å²) in [4.78, 5) is 23.7. The topological polar surface area (TPSA) is 129 Å². The fourth-order valence-electron chi connectivity index (χ4n) is 3.99. The Balaban J connectivity index is 1.74. The van der Waals surface area contributed by atoms with Crippen molar-refractivity contribution in [2.45, 2.75) is 42.8 Å². The smallest absolute Gasteiger partial charge is 0.389 e. The van der Waals surface area contributed by atoms with Gasteiger partial charge in [0.25, 0.3) is 0 Å². The van der Waals surface area contributed by atoms with E-state index in [9.17, 15) is 41.5 Å². The molecule has 0 radical (unpaired) electrons. The fourth-order valence-corrected chi connectivity index (χ4v) is 5.20. The predicted molar refractivity (Wildman–Crippen MR) is 124 cm³/mol. The van der Waals surface area contributed by atoms with Gasteiger partial charge < -0.3 is 9.67 Å². The first-order chi connectivity index (χ1) is 17.3. The third-order valence-electron chi connectivity index (χ3n) is 5.92. The van der Waals surface area contributed by atoms with E-state index in [0.29, 0.717) is 0 Å². The number of nitriles is 1. The second kappa shape index (κ2) is 9.60. The van der Waals surface area contributed by atoms with Gasteiger partial charge in [0.1, 0.15) is 17.4 Å². The first kappa shape index (κ1) is 26.3. The maximum absolute atomic E-state index is 15.1. The van der Waals surface area contributed by atoms with Gasteiger partial charge in [0, 0.05) is 36.2 Å². The largest absolute Gasteiger partial charge is 0.477 e. The molecule has 0 unspecified atom stereocenters. The molecule has 0 saturated heterocycles. The molecule has 8 nitrogen and oxygen atoms in total. The van der Waals surface area contributed by atoms with Crippen molar-refractivity contribution in [1.29, 1.82) is 5.26 Å². The molecule has 13 heteroatoms. The van der Waals surface area contributed by atoms with Gasteiger partial charge in [0.2, 0.25) is 15.5 Å². The van der Waals surface area contributed by atoms with E-state index >= 15 is 4.39 Å². The Morgan fingerprint density at radius 3 is 2.51 bits per heavy atom. The minimum Gasteiger partial charge on any atom is -0.477 e. The van der Waals surface area contributed by atoms with Crippen LogP contribution in [-0.4, -0.2) is 36.8 Å². The lowest BCUT2D eigenvalue weighted by molar-refractivity contribution is -0.135. The molecule has 4 rings (SSSR count). The molecule has 1 aliphatic carbocycles. The van der Waals surface area contributed by atoms with Gasteiger partial charge in [-0.15, -0.1) is 0 Å². The number of nitrogens with one attached hydrogen (secondary N) is 1. The summed E-state index contributed by atoms with van der Waals surface area (Å²) < 4.78 is 80.8. The van der Waals surface area contributed by atoms with Crippen molar-refractivity contribution in [3.05, 3.63) is 63.7 Å². The van der Waals surface area contributed by atoms with Crippen LogP contribution in [0.1, 0.15) is 47.6 Å². The number of sulfonamides is 1. The number of carboxylic acid groups (broad SMARTS) is 1. The van der Waals surface area contributed by atoms with E-state index in [1.54, 1.807) is 10.6 Å². The molecule has 1 fully saturated rings. The van der Waals surface area contributed by atoms with Crippen molar-refractivity contribution in [2.75, 3.05) is 6.54 Å². The first-order valence-corrected chi connectivity index (χ1v) is 12.5. The molecule has 0 aliphatic heterocycles. The van der Waals surface area contributed by atoms with Gasteiger partial charge in [-0.05, 0) is 49.1 Å². The highest BCUT2D eigenvalue weighted by Gasteiger charge is 2.29. The maximum Gasteiger partial charge on any atom is 0.389 e. The summed E-state index contributed by atoms with van der Waals surface area (Å²) >= 11 is 0. The lowest BCUT2D eigenvalue weighted by atomic mass is 10.00. The van der Waals surface area contributed by atoms with Crippen molar-refractivity contribution in [1.82, 2.24) is 9.29 Å². The zero-order chi connectivity index (χ0) is 27.1. The van der Waals surface area contributed by atoms with E-state index in [1.807, 2.05) is 4.72 Å². The van der Waals surface area contributed by atoms with Crippen molar-refractivity contribution >= 4 is 26.9 Å². The molecule has 3 aromatic rings. The number of rotatable bonds is 8. The van der Waals surface area contributed by atoms with Crippen LogP contribution in [0.5, 0.6) is 0 Å². The fraction of sp³-hybridized carbons (Fsp3) is 0.292. The van der Waals surface area contributed by atoms with Gasteiger partial charge in [0.15, 0.2) is 0 Å². The molecular weight excluding hydrogens is 518 g/mol. The number of benzene rings is 2. The molecule has 1 heterocycles. The number of aromatic carboxylic acids is 1. The lowest BCUT2D eigenvalue weighted by Gasteiger charge is -2.14. The van der Waals surface area contributed by atoms with Crippen LogP contribution in [-0.2, 0) is 10.0 Å². The molecule has 0 atom stereocenters.